The first-order valence-electron chi connectivity index (χ1n) is 6.27. The second kappa shape index (κ2) is 4.47. The summed E-state index contributed by atoms with van der Waals surface area (Å²) in [5.74, 6) is 0. The van der Waals surface area contributed by atoms with Gasteiger partial charge in [-0.15, -0.1) is 0 Å². The fourth-order valence-corrected chi connectivity index (χ4v) is 3.60. The lowest BCUT2D eigenvalue weighted by molar-refractivity contribution is -0.0465. The van der Waals surface area contributed by atoms with Gasteiger partial charge in [0.2, 0.25) is 0 Å². The Morgan fingerprint density at radius 3 is 2.81 bits per heavy atom. The highest BCUT2D eigenvalue weighted by Crippen LogP contribution is 2.34. The van der Waals surface area contributed by atoms with E-state index in [1.807, 2.05) is 0 Å². The molecule has 0 radical (unpaired) electrons. The first-order chi connectivity index (χ1) is 7.88. The zero-order chi connectivity index (χ0) is 10.8. The van der Waals surface area contributed by atoms with Crippen molar-refractivity contribution in [2.45, 2.75) is 43.7 Å². The zero-order valence-electron chi connectivity index (χ0n) is 9.58. The average molecular weight is 237 g/mol. The topological polar surface area (TPSA) is 21.3 Å². The second-order valence-electron chi connectivity index (χ2n) is 5.08. The first-order valence-corrected chi connectivity index (χ1v) is 7.21. The lowest BCUT2D eigenvalue weighted by Gasteiger charge is -2.43. The summed E-state index contributed by atoms with van der Waals surface area (Å²) >= 11 is 1.75. The number of nitrogens with one attached hydrogen (secondary N) is 1. The third-order valence-electron chi connectivity index (χ3n) is 3.95. The molecule has 2 nitrogen and oxygen atoms in total. The molecule has 1 aromatic rings. The average Bonchev–Trinajstić information content (AvgIpc) is 2.85. The quantitative estimate of drug-likeness (QED) is 0.810. The predicted molar refractivity (Wildman–Crippen MR) is 66.8 cm³/mol. The van der Waals surface area contributed by atoms with E-state index in [0.29, 0.717) is 5.54 Å². The Morgan fingerprint density at radius 1 is 1.31 bits per heavy atom. The Labute approximate surface area is 101 Å². The maximum absolute atomic E-state index is 6.06. The molecule has 0 bridgehead atoms. The molecular formula is C13H19NOS. The Morgan fingerprint density at radius 2 is 2.19 bits per heavy atom. The van der Waals surface area contributed by atoms with E-state index in [2.05, 4.69) is 22.1 Å². The molecule has 1 saturated carbocycles. The highest BCUT2D eigenvalue weighted by molar-refractivity contribution is 7.07. The zero-order valence-corrected chi connectivity index (χ0v) is 10.4. The van der Waals surface area contributed by atoms with Gasteiger partial charge in [-0.3, -0.25) is 0 Å². The standard InChI is InChI=1S/C13H19NOS/c1-2-5-13(6-3-1)10-15-12(8-14-13)11-4-7-16-9-11/h4,7,9,12,14H,1-3,5-6,8,10H2. The number of rotatable bonds is 1. The monoisotopic (exact) mass is 237 g/mol. The highest BCUT2D eigenvalue weighted by Gasteiger charge is 2.36. The van der Waals surface area contributed by atoms with E-state index in [1.165, 1.54) is 37.7 Å². The first kappa shape index (κ1) is 10.8. The van der Waals surface area contributed by atoms with Crippen LogP contribution in [0.15, 0.2) is 16.8 Å². The Kier molecular flexibility index (Phi) is 3.01. The van der Waals surface area contributed by atoms with Crippen LogP contribution in [-0.2, 0) is 4.74 Å². The molecule has 1 atom stereocenters. The van der Waals surface area contributed by atoms with Gasteiger partial charge in [-0.2, -0.15) is 11.3 Å². The van der Waals surface area contributed by atoms with Gasteiger partial charge in [-0.25, -0.2) is 0 Å². The third kappa shape index (κ3) is 2.04. The minimum Gasteiger partial charge on any atom is -0.370 e. The van der Waals surface area contributed by atoms with Crippen molar-refractivity contribution in [1.82, 2.24) is 5.32 Å². The van der Waals surface area contributed by atoms with Gasteiger partial charge in [0, 0.05) is 12.1 Å². The van der Waals surface area contributed by atoms with Gasteiger partial charge in [-0.05, 0) is 35.2 Å². The smallest absolute Gasteiger partial charge is 0.0958 e. The number of hydrogen-bond acceptors (Lipinski definition) is 3. The Balaban J connectivity index is 1.63. The second-order valence-corrected chi connectivity index (χ2v) is 5.86. The van der Waals surface area contributed by atoms with Crippen LogP contribution < -0.4 is 5.32 Å². The lowest BCUT2D eigenvalue weighted by atomic mass is 9.81. The van der Waals surface area contributed by atoms with E-state index < -0.39 is 0 Å². The molecular weight excluding hydrogens is 218 g/mol. The molecule has 2 aliphatic rings. The van der Waals surface area contributed by atoms with Gasteiger partial charge in [0.25, 0.3) is 0 Å². The Hall–Kier alpha value is -0.380. The number of thiophene rings is 1. The lowest BCUT2D eigenvalue weighted by Crippen LogP contribution is -2.55. The summed E-state index contributed by atoms with van der Waals surface area (Å²) in [5.41, 5.74) is 1.65. The predicted octanol–water partition coefficient (Wildman–Crippen LogP) is 3.11. The van der Waals surface area contributed by atoms with E-state index in [9.17, 15) is 0 Å². The number of hydrogen-bond donors (Lipinski definition) is 1. The maximum Gasteiger partial charge on any atom is 0.0958 e. The molecule has 3 heteroatoms. The van der Waals surface area contributed by atoms with Crippen LogP contribution in [0.1, 0.15) is 43.8 Å². The molecule has 16 heavy (non-hydrogen) atoms. The molecule has 1 saturated heterocycles. The van der Waals surface area contributed by atoms with E-state index in [1.54, 1.807) is 11.3 Å². The summed E-state index contributed by atoms with van der Waals surface area (Å²) in [5, 5.41) is 8.08. The van der Waals surface area contributed by atoms with Gasteiger partial charge in [0.05, 0.1) is 12.7 Å². The van der Waals surface area contributed by atoms with E-state index in [-0.39, 0.29) is 6.10 Å². The molecule has 1 aromatic heterocycles. The Bertz CT molecular complexity index is 320. The number of morpholine rings is 1. The molecule has 0 aromatic carbocycles. The molecule has 0 amide bonds. The van der Waals surface area contributed by atoms with Gasteiger partial charge >= 0.3 is 0 Å². The summed E-state index contributed by atoms with van der Waals surface area (Å²) in [7, 11) is 0. The van der Waals surface area contributed by atoms with Crippen molar-refractivity contribution in [3.05, 3.63) is 22.4 Å². The van der Waals surface area contributed by atoms with Crippen LogP contribution in [-0.4, -0.2) is 18.7 Å². The van der Waals surface area contributed by atoms with Gasteiger partial charge in [-0.1, -0.05) is 19.3 Å². The van der Waals surface area contributed by atoms with Crippen LogP contribution in [0.25, 0.3) is 0 Å². The van der Waals surface area contributed by atoms with Crippen LogP contribution >= 0.6 is 11.3 Å². The largest absolute Gasteiger partial charge is 0.370 e. The van der Waals surface area contributed by atoms with Gasteiger partial charge < -0.3 is 10.1 Å². The van der Waals surface area contributed by atoms with Crippen molar-refractivity contribution in [3.8, 4) is 0 Å². The summed E-state index contributed by atoms with van der Waals surface area (Å²) in [6.45, 7) is 1.88. The van der Waals surface area contributed by atoms with Crippen LogP contribution in [0.4, 0.5) is 0 Å². The van der Waals surface area contributed by atoms with Crippen molar-refractivity contribution in [1.29, 1.82) is 0 Å². The molecule has 1 spiro atoms. The minimum atomic E-state index is 0.277. The number of ether oxygens (including phenoxy) is 1. The molecule has 1 aliphatic carbocycles. The molecule has 1 aliphatic heterocycles. The summed E-state index contributed by atoms with van der Waals surface area (Å²) < 4.78 is 6.06. The normalized spacial score (nSPS) is 29.4. The van der Waals surface area contributed by atoms with Gasteiger partial charge in [0.1, 0.15) is 0 Å². The summed E-state index contributed by atoms with van der Waals surface area (Å²) in [6.07, 6.45) is 6.99. The maximum atomic E-state index is 6.06. The summed E-state index contributed by atoms with van der Waals surface area (Å²) in [4.78, 5) is 0. The molecule has 2 fully saturated rings. The van der Waals surface area contributed by atoms with Crippen LogP contribution in [0.3, 0.4) is 0 Å². The fraction of sp³-hybridized carbons (Fsp3) is 0.692. The SMILES string of the molecule is c1cc(C2CNC3(CCCCC3)CO2)cs1. The van der Waals surface area contributed by atoms with Crippen molar-refractivity contribution < 1.29 is 4.74 Å². The fourth-order valence-electron chi connectivity index (χ4n) is 2.90. The highest BCUT2D eigenvalue weighted by atomic mass is 32.1. The van der Waals surface area contributed by atoms with Crippen LogP contribution in [0.2, 0.25) is 0 Å². The van der Waals surface area contributed by atoms with E-state index in [4.69, 9.17) is 4.74 Å². The molecule has 88 valence electrons. The van der Waals surface area contributed by atoms with Crippen molar-refractivity contribution >= 4 is 11.3 Å². The molecule has 1 unspecified atom stereocenters. The summed E-state index contributed by atoms with van der Waals surface area (Å²) in [6, 6.07) is 2.18. The molecule has 3 rings (SSSR count). The van der Waals surface area contributed by atoms with Crippen molar-refractivity contribution in [3.63, 3.8) is 0 Å². The molecule has 2 heterocycles. The van der Waals surface area contributed by atoms with Crippen LogP contribution in [0, 0.1) is 0 Å². The van der Waals surface area contributed by atoms with E-state index >= 15 is 0 Å². The third-order valence-corrected chi connectivity index (χ3v) is 4.65. The van der Waals surface area contributed by atoms with Crippen molar-refractivity contribution in [2.75, 3.05) is 13.2 Å². The van der Waals surface area contributed by atoms with Crippen LogP contribution in [0.5, 0.6) is 0 Å². The van der Waals surface area contributed by atoms with Gasteiger partial charge in [0.15, 0.2) is 0 Å². The van der Waals surface area contributed by atoms with Crippen molar-refractivity contribution in [2.24, 2.45) is 0 Å². The minimum absolute atomic E-state index is 0.277. The molecule has 1 N–H and O–H groups in total. The van der Waals surface area contributed by atoms with E-state index in [0.717, 1.165) is 13.2 Å².